The van der Waals surface area contributed by atoms with Gasteiger partial charge in [0.05, 0.1) is 21.3 Å². The Labute approximate surface area is 157 Å². The number of rotatable bonds is 4. The van der Waals surface area contributed by atoms with Gasteiger partial charge in [0.2, 0.25) is 6.79 Å². The second-order valence-corrected chi connectivity index (χ2v) is 6.78. The molecule has 4 unspecified atom stereocenters. The molecule has 2 aliphatic heterocycles. The predicted octanol–water partition coefficient (Wildman–Crippen LogP) is 2.30. The smallest absolute Gasteiger partial charge is 0.322 e. The minimum atomic E-state index is -0.404. The second-order valence-electron chi connectivity index (χ2n) is 6.78. The average Bonchev–Trinajstić information content (AvgIpc) is 3.18. The monoisotopic (exact) mass is 373 g/mol. The molecule has 1 fully saturated rings. The first-order valence-electron chi connectivity index (χ1n) is 8.90. The summed E-state index contributed by atoms with van der Waals surface area (Å²) in [4.78, 5) is 12.3. The van der Waals surface area contributed by atoms with Crippen molar-refractivity contribution < 1.29 is 28.5 Å². The normalized spacial score (nSPS) is 28.6. The number of ether oxygens (including phenoxy) is 5. The highest BCUT2D eigenvalue weighted by Gasteiger charge is 2.42. The molecule has 27 heavy (non-hydrogen) atoms. The van der Waals surface area contributed by atoms with Crippen LogP contribution in [-0.2, 0) is 19.0 Å². The van der Waals surface area contributed by atoms with Crippen molar-refractivity contribution in [1.29, 1.82) is 0 Å². The lowest BCUT2D eigenvalue weighted by Gasteiger charge is -2.42. The zero-order valence-electron chi connectivity index (χ0n) is 15.6. The molecule has 1 N–H and O–H groups in total. The number of piperidine rings is 1. The summed E-state index contributed by atoms with van der Waals surface area (Å²) in [5.41, 5.74) is 1.02. The number of esters is 1. The van der Waals surface area contributed by atoms with Gasteiger partial charge in [-0.2, -0.15) is 0 Å². The summed E-state index contributed by atoms with van der Waals surface area (Å²) in [6.07, 6.45) is 4.73. The molecule has 7 nitrogen and oxygen atoms in total. The van der Waals surface area contributed by atoms with Crippen LogP contribution in [0.3, 0.4) is 0 Å². The van der Waals surface area contributed by atoms with Crippen LogP contribution in [0.2, 0.25) is 0 Å². The number of allylic oxidation sites excluding steroid dienone is 1. The van der Waals surface area contributed by atoms with Crippen LogP contribution >= 0.6 is 0 Å². The van der Waals surface area contributed by atoms with Crippen LogP contribution in [0.25, 0.3) is 0 Å². The number of hydrogen-bond acceptors (Lipinski definition) is 7. The molecule has 1 saturated heterocycles. The first kappa shape index (κ1) is 17.7. The number of carbonyl (C=O) groups is 1. The van der Waals surface area contributed by atoms with E-state index in [1.165, 1.54) is 7.11 Å². The van der Waals surface area contributed by atoms with E-state index in [1.54, 1.807) is 14.2 Å². The van der Waals surface area contributed by atoms with E-state index in [4.69, 9.17) is 23.7 Å². The number of nitrogens with one attached hydrogen (secondary N) is 1. The third kappa shape index (κ3) is 3.12. The summed E-state index contributed by atoms with van der Waals surface area (Å²) in [5.74, 6) is 2.77. The van der Waals surface area contributed by atoms with Crippen molar-refractivity contribution in [3.05, 3.63) is 47.4 Å². The molecule has 1 aliphatic carbocycles. The summed E-state index contributed by atoms with van der Waals surface area (Å²) >= 11 is 0. The van der Waals surface area contributed by atoms with E-state index in [1.807, 2.05) is 24.3 Å². The molecule has 3 aliphatic rings. The van der Waals surface area contributed by atoms with Gasteiger partial charge in [0.25, 0.3) is 0 Å². The Morgan fingerprint density at radius 1 is 1.07 bits per heavy atom. The number of fused-ring (bicyclic) bond motifs is 2. The van der Waals surface area contributed by atoms with E-state index in [-0.39, 0.29) is 30.6 Å². The lowest BCUT2D eigenvalue weighted by molar-refractivity contribution is -0.144. The van der Waals surface area contributed by atoms with Gasteiger partial charge in [-0.3, -0.25) is 10.1 Å². The van der Waals surface area contributed by atoms with Crippen molar-refractivity contribution in [2.24, 2.45) is 11.8 Å². The van der Waals surface area contributed by atoms with Crippen LogP contribution in [0.5, 0.6) is 11.5 Å². The molecule has 1 aromatic carbocycles. The third-order valence-corrected chi connectivity index (χ3v) is 5.40. The summed E-state index contributed by atoms with van der Waals surface area (Å²) < 4.78 is 26.9. The number of carbonyl (C=O) groups excluding carboxylic acids is 1. The summed E-state index contributed by atoms with van der Waals surface area (Å²) in [6.45, 7) is 0.224. The Hall–Kier alpha value is -2.67. The maximum Gasteiger partial charge on any atom is 0.322 e. The average molecular weight is 373 g/mol. The molecule has 144 valence electrons. The number of methoxy groups -OCH3 is 3. The Morgan fingerprint density at radius 2 is 1.81 bits per heavy atom. The lowest BCUT2D eigenvalue weighted by atomic mass is 9.73. The second kappa shape index (κ2) is 7.15. The third-order valence-electron chi connectivity index (χ3n) is 5.40. The Bertz CT molecular complexity index is 802. The van der Waals surface area contributed by atoms with E-state index in [9.17, 15) is 4.79 Å². The zero-order valence-corrected chi connectivity index (χ0v) is 15.6. The van der Waals surface area contributed by atoms with E-state index in [0.29, 0.717) is 23.7 Å². The highest BCUT2D eigenvalue weighted by molar-refractivity contribution is 5.76. The van der Waals surface area contributed by atoms with Crippen molar-refractivity contribution in [1.82, 2.24) is 5.32 Å². The molecule has 0 aromatic heterocycles. The van der Waals surface area contributed by atoms with Crippen molar-refractivity contribution in [2.45, 2.75) is 18.5 Å². The van der Waals surface area contributed by atoms with Crippen LogP contribution in [-0.4, -0.2) is 40.1 Å². The minimum absolute atomic E-state index is 0.0973. The fourth-order valence-corrected chi connectivity index (χ4v) is 4.07. The van der Waals surface area contributed by atoms with Crippen LogP contribution in [0, 0.1) is 11.8 Å². The maximum atomic E-state index is 12.3. The van der Waals surface area contributed by atoms with Gasteiger partial charge in [0.1, 0.15) is 6.04 Å². The summed E-state index contributed by atoms with van der Waals surface area (Å²) in [6, 6.07) is 5.35. The summed E-state index contributed by atoms with van der Waals surface area (Å²) in [7, 11) is 4.65. The molecule has 0 amide bonds. The molecule has 0 saturated carbocycles. The first-order valence-corrected chi connectivity index (χ1v) is 8.90. The standard InChI is InChI=1S/C20H23NO6/c1-23-16-8-12-6-14(20(22)25-3)21-19(13(12)9-17(16)24-2)11-4-5-15-18(7-11)27-10-26-15/h4-5,7-9,12-14,19,21H,6,10H2,1-3H3. The zero-order chi connectivity index (χ0) is 19.0. The van der Waals surface area contributed by atoms with Gasteiger partial charge in [0.15, 0.2) is 23.0 Å². The lowest BCUT2D eigenvalue weighted by Crippen LogP contribution is -2.50. The number of benzene rings is 1. The highest BCUT2D eigenvalue weighted by Crippen LogP contribution is 2.44. The quantitative estimate of drug-likeness (QED) is 0.812. The van der Waals surface area contributed by atoms with Gasteiger partial charge in [-0.05, 0) is 42.2 Å². The predicted molar refractivity (Wildman–Crippen MR) is 96.0 cm³/mol. The van der Waals surface area contributed by atoms with Gasteiger partial charge >= 0.3 is 5.97 Å². The van der Waals surface area contributed by atoms with Crippen molar-refractivity contribution in [3.63, 3.8) is 0 Å². The summed E-state index contributed by atoms with van der Waals surface area (Å²) in [5, 5.41) is 3.45. The highest BCUT2D eigenvalue weighted by atomic mass is 16.7. The Morgan fingerprint density at radius 3 is 2.56 bits per heavy atom. The SMILES string of the molecule is COC(=O)C1CC2C=C(OC)C(OC)=CC2C(c2ccc3c(c2)OCO3)N1. The molecule has 0 bridgehead atoms. The molecular weight excluding hydrogens is 350 g/mol. The molecular formula is C20H23NO6. The maximum absolute atomic E-state index is 12.3. The molecule has 2 heterocycles. The van der Waals surface area contributed by atoms with Gasteiger partial charge in [-0.15, -0.1) is 0 Å². The van der Waals surface area contributed by atoms with Gasteiger partial charge in [0, 0.05) is 12.0 Å². The van der Waals surface area contributed by atoms with Crippen molar-refractivity contribution in [3.8, 4) is 11.5 Å². The molecule has 0 radical (unpaired) electrons. The van der Waals surface area contributed by atoms with E-state index < -0.39 is 6.04 Å². The van der Waals surface area contributed by atoms with Crippen LogP contribution in [0.1, 0.15) is 18.0 Å². The molecule has 1 aromatic rings. The molecule has 4 rings (SSSR count). The van der Waals surface area contributed by atoms with E-state index in [0.717, 1.165) is 11.3 Å². The molecule has 4 atom stereocenters. The first-order chi connectivity index (χ1) is 13.1. The minimum Gasteiger partial charge on any atom is -0.493 e. The number of hydrogen-bond donors (Lipinski definition) is 1. The fourth-order valence-electron chi connectivity index (χ4n) is 4.07. The fraction of sp³-hybridized carbons (Fsp3) is 0.450. The van der Waals surface area contributed by atoms with Crippen LogP contribution in [0.4, 0.5) is 0 Å². The van der Waals surface area contributed by atoms with Crippen LogP contribution in [0.15, 0.2) is 41.9 Å². The van der Waals surface area contributed by atoms with Gasteiger partial charge < -0.3 is 23.7 Å². The molecule has 0 spiro atoms. The van der Waals surface area contributed by atoms with Gasteiger partial charge in [-0.25, -0.2) is 0 Å². The van der Waals surface area contributed by atoms with Gasteiger partial charge in [-0.1, -0.05) is 6.07 Å². The Balaban J connectivity index is 1.72. The topological polar surface area (TPSA) is 75.3 Å². The molecule has 7 heteroatoms. The Kier molecular flexibility index (Phi) is 4.70. The largest absolute Gasteiger partial charge is 0.493 e. The van der Waals surface area contributed by atoms with Crippen LogP contribution < -0.4 is 14.8 Å². The van der Waals surface area contributed by atoms with Crippen molar-refractivity contribution >= 4 is 5.97 Å². The van der Waals surface area contributed by atoms with E-state index in [2.05, 4.69) is 11.4 Å². The van der Waals surface area contributed by atoms with Crippen molar-refractivity contribution in [2.75, 3.05) is 28.1 Å². The van der Waals surface area contributed by atoms with E-state index >= 15 is 0 Å².